The number of nitrogens with zero attached hydrogens (tertiary/aromatic N) is 3. The minimum Gasteiger partial charge on any atom is -0.460 e. The summed E-state index contributed by atoms with van der Waals surface area (Å²) in [7, 11) is 0. The summed E-state index contributed by atoms with van der Waals surface area (Å²) in [4.78, 5) is 40.3. The second-order valence-corrected chi connectivity index (χ2v) is 9.97. The first kappa shape index (κ1) is 23.3. The first-order chi connectivity index (χ1) is 18.0. The number of rotatable bonds is 4. The summed E-state index contributed by atoms with van der Waals surface area (Å²) >= 11 is 0. The second kappa shape index (κ2) is 9.39. The van der Waals surface area contributed by atoms with Crippen LogP contribution in [0.4, 0.5) is 0 Å². The van der Waals surface area contributed by atoms with E-state index in [1.807, 2.05) is 25.1 Å². The van der Waals surface area contributed by atoms with E-state index in [0.29, 0.717) is 5.69 Å². The molecule has 0 radical (unpaired) electrons. The largest absolute Gasteiger partial charge is 0.460 e. The third-order valence-electron chi connectivity index (χ3n) is 7.66. The SMILES string of the molecule is C[C@@H]1C=C[C@H](C(=O)O[C@H]2CCCC[C@@H]2c2ccc3ccccc3c2)n2c(=O)n(-c3ccccc3)c(=O)n21. The van der Waals surface area contributed by atoms with Gasteiger partial charge in [0.15, 0.2) is 6.04 Å². The molecule has 1 aliphatic carbocycles. The normalized spacial score (nSPS) is 23.1. The Morgan fingerprint density at radius 1 is 0.811 bits per heavy atom. The lowest BCUT2D eigenvalue weighted by Crippen LogP contribution is -2.40. The molecule has 4 aromatic rings. The highest BCUT2D eigenvalue weighted by Gasteiger charge is 2.36. The Morgan fingerprint density at radius 3 is 2.32 bits per heavy atom. The highest BCUT2D eigenvalue weighted by molar-refractivity contribution is 5.83. The minimum absolute atomic E-state index is 0.0848. The van der Waals surface area contributed by atoms with E-state index in [4.69, 9.17) is 4.74 Å². The molecule has 4 atom stereocenters. The molecular weight excluding hydrogens is 466 g/mol. The van der Waals surface area contributed by atoms with Crippen molar-refractivity contribution in [2.75, 3.05) is 0 Å². The van der Waals surface area contributed by atoms with Gasteiger partial charge >= 0.3 is 17.3 Å². The van der Waals surface area contributed by atoms with Gasteiger partial charge in [-0.15, -0.1) is 0 Å². The fourth-order valence-electron chi connectivity index (χ4n) is 5.78. The Morgan fingerprint density at radius 2 is 1.51 bits per heavy atom. The number of esters is 1. The monoisotopic (exact) mass is 495 g/mol. The van der Waals surface area contributed by atoms with Crippen molar-refractivity contribution in [2.45, 2.75) is 56.7 Å². The molecule has 0 N–H and O–H groups in total. The summed E-state index contributed by atoms with van der Waals surface area (Å²) in [6, 6.07) is 22.1. The maximum absolute atomic E-state index is 13.6. The van der Waals surface area contributed by atoms with Crippen LogP contribution in [0, 0.1) is 0 Å². The number of benzene rings is 3. The van der Waals surface area contributed by atoms with Crippen molar-refractivity contribution in [2.24, 2.45) is 0 Å². The van der Waals surface area contributed by atoms with Gasteiger partial charge in [0.25, 0.3) is 0 Å². The van der Waals surface area contributed by atoms with E-state index >= 15 is 0 Å². The maximum Gasteiger partial charge on any atom is 0.352 e. The fourth-order valence-corrected chi connectivity index (χ4v) is 5.78. The highest BCUT2D eigenvalue weighted by Crippen LogP contribution is 2.37. The Bertz CT molecular complexity index is 1610. The summed E-state index contributed by atoms with van der Waals surface area (Å²) in [6.07, 6.45) is 6.93. The van der Waals surface area contributed by atoms with Gasteiger partial charge in [-0.2, -0.15) is 0 Å². The first-order valence-electron chi connectivity index (χ1n) is 12.9. The smallest absolute Gasteiger partial charge is 0.352 e. The van der Waals surface area contributed by atoms with E-state index in [2.05, 4.69) is 30.3 Å². The number of aromatic nitrogens is 3. The zero-order valence-corrected chi connectivity index (χ0v) is 20.7. The quantitative estimate of drug-likeness (QED) is 0.298. The van der Waals surface area contributed by atoms with Crippen molar-refractivity contribution in [3.05, 3.63) is 111 Å². The van der Waals surface area contributed by atoms with Gasteiger partial charge < -0.3 is 4.74 Å². The number of hydrogen-bond acceptors (Lipinski definition) is 4. The lowest BCUT2D eigenvalue weighted by molar-refractivity contribution is -0.155. The number of ether oxygens (including phenoxy) is 1. The van der Waals surface area contributed by atoms with Crippen LogP contribution in [0.5, 0.6) is 0 Å². The van der Waals surface area contributed by atoms with Crippen LogP contribution in [0.3, 0.4) is 0 Å². The predicted octanol–water partition coefficient (Wildman–Crippen LogP) is 4.90. The number of hydrogen-bond donors (Lipinski definition) is 0. The van der Waals surface area contributed by atoms with Crippen LogP contribution in [-0.4, -0.2) is 26.0 Å². The fraction of sp³-hybridized carbons (Fsp3) is 0.300. The van der Waals surface area contributed by atoms with Crippen LogP contribution in [0.1, 0.15) is 56.2 Å². The topological polar surface area (TPSA) is 75.2 Å². The molecule has 6 rings (SSSR count). The standard InChI is InChI=1S/C30H29N3O4/c1-20-15-18-26(33-30(36)31(29(35)32(20)33)24-11-3-2-4-12-24)28(34)37-27-14-8-7-13-25(27)23-17-16-21-9-5-6-10-22(21)19-23/h2-6,9-12,15-20,25-27H,7-8,13-14H2,1H3/t20-,25-,26-,27+/m1/s1. The molecule has 3 aromatic carbocycles. The van der Waals surface area contributed by atoms with Gasteiger partial charge in [-0.1, -0.05) is 79.2 Å². The molecule has 1 aliphatic heterocycles. The molecule has 0 spiro atoms. The number of carbonyl (C=O) groups excluding carboxylic acids is 1. The van der Waals surface area contributed by atoms with Crippen molar-refractivity contribution in [3.63, 3.8) is 0 Å². The van der Waals surface area contributed by atoms with Gasteiger partial charge in [0.1, 0.15) is 6.10 Å². The molecule has 7 heteroatoms. The summed E-state index contributed by atoms with van der Waals surface area (Å²) in [5.41, 5.74) is 0.602. The van der Waals surface area contributed by atoms with Gasteiger partial charge in [0, 0.05) is 5.92 Å². The van der Waals surface area contributed by atoms with Crippen LogP contribution < -0.4 is 11.4 Å². The predicted molar refractivity (Wildman–Crippen MR) is 142 cm³/mol. The number of allylic oxidation sites excluding steroid dienone is 1. The Kier molecular flexibility index (Phi) is 5.91. The molecule has 2 aliphatic rings. The van der Waals surface area contributed by atoms with Crippen molar-refractivity contribution in [3.8, 4) is 5.69 Å². The zero-order valence-electron chi connectivity index (χ0n) is 20.7. The van der Waals surface area contributed by atoms with Gasteiger partial charge in [0.05, 0.1) is 11.7 Å². The lowest BCUT2D eigenvalue weighted by Gasteiger charge is -2.33. The Labute approximate surface area is 214 Å². The second-order valence-electron chi connectivity index (χ2n) is 9.97. The van der Waals surface area contributed by atoms with Gasteiger partial charge in [0.2, 0.25) is 0 Å². The molecule has 0 saturated heterocycles. The van der Waals surface area contributed by atoms with E-state index < -0.39 is 23.4 Å². The Hall–Kier alpha value is -4.13. The van der Waals surface area contributed by atoms with E-state index in [9.17, 15) is 14.4 Å². The molecule has 188 valence electrons. The third-order valence-corrected chi connectivity index (χ3v) is 7.66. The summed E-state index contributed by atoms with van der Waals surface area (Å²) < 4.78 is 9.85. The van der Waals surface area contributed by atoms with Crippen molar-refractivity contribution >= 4 is 16.7 Å². The van der Waals surface area contributed by atoms with Gasteiger partial charge in [-0.05, 0) is 54.7 Å². The number of para-hydroxylation sites is 1. The van der Waals surface area contributed by atoms with Crippen LogP contribution in [0.15, 0.2) is 94.5 Å². The van der Waals surface area contributed by atoms with Gasteiger partial charge in [-0.25, -0.2) is 28.3 Å². The molecule has 7 nitrogen and oxygen atoms in total. The van der Waals surface area contributed by atoms with E-state index in [1.165, 1.54) is 14.7 Å². The molecule has 0 bridgehead atoms. The van der Waals surface area contributed by atoms with Crippen LogP contribution in [0.2, 0.25) is 0 Å². The molecule has 0 unspecified atom stereocenters. The first-order valence-corrected chi connectivity index (χ1v) is 12.9. The average molecular weight is 496 g/mol. The van der Waals surface area contributed by atoms with E-state index in [0.717, 1.165) is 41.2 Å². The van der Waals surface area contributed by atoms with Crippen molar-refractivity contribution in [1.82, 2.24) is 13.9 Å². The van der Waals surface area contributed by atoms with Crippen LogP contribution >= 0.6 is 0 Å². The lowest BCUT2D eigenvalue weighted by atomic mass is 9.81. The number of carbonyl (C=O) groups is 1. The van der Waals surface area contributed by atoms with E-state index in [1.54, 1.807) is 36.4 Å². The summed E-state index contributed by atoms with van der Waals surface area (Å²) in [5, 5.41) is 2.34. The number of fused-ring (bicyclic) bond motifs is 2. The molecule has 2 heterocycles. The highest BCUT2D eigenvalue weighted by atomic mass is 16.5. The van der Waals surface area contributed by atoms with Gasteiger partial charge in [-0.3, -0.25) is 0 Å². The van der Waals surface area contributed by atoms with Crippen molar-refractivity contribution in [1.29, 1.82) is 0 Å². The zero-order chi connectivity index (χ0) is 25.5. The minimum atomic E-state index is -0.999. The average Bonchev–Trinajstić information content (AvgIpc) is 3.20. The molecule has 0 amide bonds. The molecule has 1 aromatic heterocycles. The third kappa shape index (κ3) is 4.04. The van der Waals surface area contributed by atoms with Crippen molar-refractivity contribution < 1.29 is 9.53 Å². The van der Waals surface area contributed by atoms with Crippen LogP contribution in [0.25, 0.3) is 16.5 Å². The molecular formula is C30H29N3O4. The Balaban J connectivity index is 1.33. The maximum atomic E-state index is 13.6. The molecule has 1 fully saturated rings. The van der Waals surface area contributed by atoms with Crippen LogP contribution in [-0.2, 0) is 9.53 Å². The summed E-state index contributed by atoms with van der Waals surface area (Å²) in [6.45, 7) is 1.82. The molecule has 37 heavy (non-hydrogen) atoms. The molecule has 1 saturated carbocycles. The summed E-state index contributed by atoms with van der Waals surface area (Å²) in [5.74, 6) is -0.427. The van der Waals surface area contributed by atoms with E-state index in [-0.39, 0.29) is 18.1 Å².